The van der Waals surface area contributed by atoms with E-state index in [9.17, 15) is 4.79 Å². The summed E-state index contributed by atoms with van der Waals surface area (Å²) in [6.07, 6.45) is 1.74. The third kappa shape index (κ3) is 4.47. The number of fused-ring (bicyclic) bond motifs is 1. The monoisotopic (exact) mass is 424 g/mol. The maximum atomic E-state index is 13.2. The quantitative estimate of drug-likeness (QED) is 0.687. The molecule has 5 nitrogen and oxygen atoms in total. The molecule has 0 radical (unpaired) electrons. The summed E-state index contributed by atoms with van der Waals surface area (Å²) in [6.45, 7) is 5.26. The number of halogens is 2. The fourth-order valence-corrected chi connectivity index (χ4v) is 3.52. The molecule has 0 saturated carbocycles. The van der Waals surface area contributed by atoms with Crippen molar-refractivity contribution >= 4 is 41.3 Å². The first-order valence-electron chi connectivity index (χ1n) is 9.12. The molecule has 3 rings (SSSR count). The van der Waals surface area contributed by atoms with Gasteiger partial charge < -0.3 is 20.1 Å². The van der Waals surface area contributed by atoms with Crippen molar-refractivity contribution in [2.24, 2.45) is 5.92 Å². The number of methoxy groups -OCH3 is 1. The molecule has 152 valence electrons. The summed E-state index contributed by atoms with van der Waals surface area (Å²) in [6, 6.07) is 9.00. The van der Waals surface area contributed by atoms with Crippen LogP contribution in [0.5, 0.6) is 11.5 Å². The molecule has 2 aromatic carbocycles. The molecule has 0 aliphatic carbocycles. The highest BCUT2D eigenvalue weighted by atomic mass is 35.5. The molecule has 0 aromatic heterocycles. The van der Waals surface area contributed by atoms with Gasteiger partial charge in [-0.3, -0.25) is 4.79 Å². The first-order valence-corrected chi connectivity index (χ1v) is 9.49. The third-order valence-electron chi connectivity index (χ3n) is 4.57. The highest BCUT2D eigenvalue weighted by Gasteiger charge is 2.26. The Labute approximate surface area is 177 Å². The van der Waals surface area contributed by atoms with E-state index in [0.29, 0.717) is 41.2 Å². The fraction of sp³-hybridized carbons (Fsp3) is 0.381. The highest BCUT2D eigenvalue weighted by molar-refractivity contribution is 6.32. The first kappa shape index (κ1) is 22.2. The number of benzene rings is 2. The third-order valence-corrected chi connectivity index (χ3v) is 4.85. The molecule has 2 aromatic rings. The zero-order chi connectivity index (χ0) is 19.6. The molecule has 1 heterocycles. The standard InChI is InChI=1S/C21H25ClN2O3.ClH/c1-13(2)12-27-20-16(22)10-14(11-19(20)26-3)21(25)24-9-5-6-15-17(23)7-4-8-18(15)24;/h4,7-8,10-11,13H,5-6,9,12,23H2,1-3H3;1H. The van der Waals surface area contributed by atoms with E-state index >= 15 is 0 Å². The SMILES string of the molecule is COc1cc(C(=O)N2CCCc3c(N)cccc32)cc(Cl)c1OCC(C)C.Cl. The van der Waals surface area contributed by atoms with Crippen LogP contribution >= 0.6 is 24.0 Å². The van der Waals surface area contributed by atoms with Gasteiger partial charge in [0.1, 0.15) is 0 Å². The number of rotatable bonds is 5. The molecule has 1 aliphatic heterocycles. The molecular weight excluding hydrogens is 399 g/mol. The van der Waals surface area contributed by atoms with Crippen LogP contribution in [0, 0.1) is 5.92 Å². The lowest BCUT2D eigenvalue weighted by molar-refractivity contribution is 0.0984. The average Bonchev–Trinajstić information content (AvgIpc) is 2.65. The minimum absolute atomic E-state index is 0. The lowest BCUT2D eigenvalue weighted by atomic mass is 9.99. The minimum atomic E-state index is -0.128. The van der Waals surface area contributed by atoms with Crippen LogP contribution in [0.1, 0.15) is 36.2 Å². The number of nitrogen functional groups attached to an aromatic ring is 1. The van der Waals surface area contributed by atoms with Gasteiger partial charge >= 0.3 is 0 Å². The van der Waals surface area contributed by atoms with Crippen LogP contribution in [0.15, 0.2) is 30.3 Å². The number of nitrogens with two attached hydrogens (primary N) is 1. The van der Waals surface area contributed by atoms with Crippen molar-refractivity contribution in [1.82, 2.24) is 0 Å². The number of carbonyl (C=O) groups is 1. The Morgan fingerprint density at radius 2 is 2.07 bits per heavy atom. The van der Waals surface area contributed by atoms with Crippen molar-refractivity contribution in [3.63, 3.8) is 0 Å². The van der Waals surface area contributed by atoms with Crippen LogP contribution in [0.2, 0.25) is 5.02 Å². The van der Waals surface area contributed by atoms with Gasteiger partial charge in [-0.15, -0.1) is 12.4 Å². The van der Waals surface area contributed by atoms with Crippen LogP contribution in [0.3, 0.4) is 0 Å². The summed E-state index contributed by atoms with van der Waals surface area (Å²) in [7, 11) is 1.54. The van der Waals surface area contributed by atoms with E-state index in [2.05, 4.69) is 13.8 Å². The van der Waals surface area contributed by atoms with E-state index in [-0.39, 0.29) is 18.3 Å². The number of hydrogen-bond acceptors (Lipinski definition) is 4. The molecule has 7 heteroatoms. The fourth-order valence-electron chi connectivity index (χ4n) is 3.25. The van der Waals surface area contributed by atoms with E-state index in [1.165, 1.54) is 0 Å². The molecule has 0 fully saturated rings. The van der Waals surface area contributed by atoms with Gasteiger partial charge in [0.25, 0.3) is 5.91 Å². The topological polar surface area (TPSA) is 64.8 Å². The normalized spacial score (nSPS) is 13.0. The number of amides is 1. The van der Waals surface area contributed by atoms with Gasteiger partial charge in [0.05, 0.1) is 18.7 Å². The maximum absolute atomic E-state index is 13.2. The van der Waals surface area contributed by atoms with Gasteiger partial charge in [0.15, 0.2) is 11.5 Å². The number of hydrogen-bond donors (Lipinski definition) is 1. The zero-order valence-electron chi connectivity index (χ0n) is 16.3. The Balaban J connectivity index is 0.00000280. The van der Waals surface area contributed by atoms with Crippen LogP contribution in [-0.4, -0.2) is 26.2 Å². The lowest BCUT2D eigenvalue weighted by Gasteiger charge is -2.30. The van der Waals surface area contributed by atoms with Crippen LogP contribution < -0.4 is 20.1 Å². The number of nitrogens with zero attached hydrogens (tertiary/aromatic N) is 1. The van der Waals surface area contributed by atoms with Crippen molar-refractivity contribution in [2.45, 2.75) is 26.7 Å². The molecule has 0 bridgehead atoms. The molecule has 0 spiro atoms. The Hall–Kier alpha value is -2.11. The summed E-state index contributed by atoms with van der Waals surface area (Å²) < 4.78 is 11.2. The molecule has 2 N–H and O–H groups in total. The van der Waals surface area contributed by atoms with Gasteiger partial charge in [-0.2, -0.15) is 0 Å². The highest BCUT2D eigenvalue weighted by Crippen LogP contribution is 2.38. The van der Waals surface area contributed by atoms with E-state index in [1.807, 2.05) is 18.2 Å². The van der Waals surface area contributed by atoms with E-state index < -0.39 is 0 Å². The van der Waals surface area contributed by atoms with Gasteiger partial charge in [0.2, 0.25) is 0 Å². The van der Waals surface area contributed by atoms with Crippen LogP contribution in [0.25, 0.3) is 0 Å². The van der Waals surface area contributed by atoms with Gasteiger partial charge in [0, 0.05) is 23.5 Å². The minimum Gasteiger partial charge on any atom is -0.493 e. The maximum Gasteiger partial charge on any atom is 0.258 e. The van der Waals surface area contributed by atoms with Gasteiger partial charge in [-0.25, -0.2) is 0 Å². The summed E-state index contributed by atoms with van der Waals surface area (Å²) in [4.78, 5) is 15.0. The molecule has 0 unspecified atom stereocenters. The molecule has 1 aliphatic rings. The average molecular weight is 425 g/mol. The second kappa shape index (κ2) is 9.39. The Morgan fingerprint density at radius 3 is 2.75 bits per heavy atom. The smallest absolute Gasteiger partial charge is 0.258 e. The van der Waals surface area contributed by atoms with Gasteiger partial charge in [-0.1, -0.05) is 31.5 Å². The lowest BCUT2D eigenvalue weighted by Crippen LogP contribution is -2.35. The second-order valence-electron chi connectivity index (χ2n) is 7.10. The first-order chi connectivity index (χ1) is 12.9. The van der Waals surface area contributed by atoms with Crippen LogP contribution in [0.4, 0.5) is 11.4 Å². The largest absolute Gasteiger partial charge is 0.493 e. The molecular formula is C21H26Cl2N2O3. The van der Waals surface area contributed by atoms with Crippen LogP contribution in [-0.2, 0) is 6.42 Å². The number of anilines is 2. The van der Waals surface area contributed by atoms with Crippen molar-refractivity contribution < 1.29 is 14.3 Å². The van der Waals surface area contributed by atoms with Crippen molar-refractivity contribution in [3.05, 3.63) is 46.5 Å². The second-order valence-corrected chi connectivity index (χ2v) is 7.51. The molecule has 0 saturated heterocycles. The van der Waals surface area contributed by atoms with Crippen molar-refractivity contribution in [2.75, 3.05) is 30.9 Å². The predicted molar refractivity (Wildman–Crippen MR) is 116 cm³/mol. The number of ether oxygens (including phenoxy) is 2. The Kier molecular flexibility index (Phi) is 7.44. The molecule has 0 atom stereocenters. The van der Waals surface area contributed by atoms with Gasteiger partial charge in [-0.05, 0) is 48.6 Å². The number of carbonyl (C=O) groups excluding carboxylic acids is 1. The molecule has 1 amide bonds. The van der Waals surface area contributed by atoms with E-state index in [0.717, 1.165) is 29.8 Å². The summed E-state index contributed by atoms with van der Waals surface area (Å²) in [5.41, 5.74) is 9.16. The Morgan fingerprint density at radius 1 is 1.32 bits per heavy atom. The van der Waals surface area contributed by atoms with Crippen molar-refractivity contribution in [3.8, 4) is 11.5 Å². The summed E-state index contributed by atoms with van der Waals surface area (Å²) in [5.74, 6) is 1.14. The Bertz CT molecular complexity index is 856. The van der Waals surface area contributed by atoms with Crippen molar-refractivity contribution in [1.29, 1.82) is 0 Å². The van der Waals surface area contributed by atoms with E-state index in [4.69, 9.17) is 26.8 Å². The summed E-state index contributed by atoms with van der Waals surface area (Å²) in [5, 5.41) is 0.364. The summed E-state index contributed by atoms with van der Waals surface area (Å²) >= 11 is 6.41. The zero-order valence-corrected chi connectivity index (χ0v) is 17.9. The predicted octanol–water partition coefficient (Wildman–Crippen LogP) is 4.98. The van der Waals surface area contributed by atoms with E-state index in [1.54, 1.807) is 24.1 Å². The molecule has 28 heavy (non-hydrogen) atoms.